The summed E-state index contributed by atoms with van der Waals surface area (Å²) in [5, 5.41) is 5.18. The van der Waals surface area contributed by atoms with E-state index in [1.54, 1.807) is 0 Å². The van der Waals surface area contributed by atoms with Gasteiger partial charge in [0.05, 0.1) is 11.4 Å². The highest BCUT2D eigenvalue weighted by molar-refractivity contribution is 6.09. The lowest BCUT2D eigenvalue weighted by Crippen LogP contribution is -2.28. The molecule has 1 spiro atoms. The Balaban J connectivity index is 1.06. The molecule has 0 amide bonds. The van der Waals surface area contributed by atoms with Gasteiger partial charge in [-0.25, -0.2) is 9.97 Å². The van der Waals surface area contributed by atoms with Gasteiger partial charge in [0.25, 0.3) is 0 Å². The maximum absolute atomic E-state index is 5.15. The molecule has 2 aliphatic carbocycles. The van der Waals surface area contributed by atoms with Crippen LogP contribution in [0.3, 0.4) is 0 Å². The monoisotopic (exact) mass is 716 g/mol. The Kier molecular flexibility index (Phi) is 7.77. The third kappa shape index (κ3) is 5.32. The van der Waals surface area contributed by atoms with Crippen molar-refractivity contribution >= 4 is 21.5 Å². The van der Waals surface area contributed by atoms with E-state index in [9.17, 15) is 0 Å². The highest BCUT2D eigenvalue weighted by Gasteiger charge is 2.44. The van der Waals surface area contributed by atoms with Crippen LogP contribution in [0, 0.1) is 0 Å². The van der Waals surface area contributed by atoms with E-state index in [4.69, 9.17) is 9.97 Å². The molecule has 2 aliphatic rings. The van der Waals surface area contributed by atoms with Gasteiger partial charge >= 0.3 is 0 Å². The first-order valence-electron chi connectivity index (χ1n) is 20.0. The van der Waals surface area contributed by atoms with Crippen molar-refractivity contribution in [2.45, 2.75) is 37.5 Å². The molecule has 56 heavy (non-hydrogen) atoms. The van der Waals surface area contributed by atoms with Crippen LogP contribution >= 0.6 is 0 Å². The molecule has 0 N–H and O–H groups in total. The molecule has 11 rings (SSSR count). The lowest BCUT2D eigenvalue weighted by Gasteiger charge is -2.36. The molecular formula is C54H40N2. The van der Waals surface area contributed by atoms with E-state index in [0.717, 1.165) is 33.9 Å². The van der Waals surface area contributed by atoms with Crippen molar-refractivity contribution in [3.8, 4) is 67.3 Å². The Morgan fingerprint density at radius 2 is 0.946 bits per heavy atom. The minimum Gasteiger partial charge on any atom is -0.228 e. The number of aromatic nitrogens is 2. The maximum Gasteiger partial charge on any atom is 0.160 e. The van der Waals surface area contributed by atoms with Crippen LogP contribution in [0.15, 0.2) is 182 Å². The van der Waals surface area contributed by atoms with Gasteiger partial charge in [-0.3, -0.25) is 0 Å². The second kappa shape index (κ2) is 13.3. The van der Waals surface area contributed by atoms with E-state index in [-0.39, 0.29) is 5.41 Å². The smallest absolute Gasteiger partial charge is 0.160 e. The lowest BCUT2D eigenvalue weighted by molar-refractivity contribution is 0.353. The summed E-state index contributed by atoms with van der Waals surface area (Å²) in [5.74, 6) is 0.724. The highest BCUT2D eigenvalue weighted by atomic mass is 14.9. The van der Waals surface area contributed by atoms with Crippen molar-refractivity contribution in [3.05, 3.63) is 193 Å². The Morgan fingerprint density at radius 3 is 1.71 bits per heavy atom. The molecule has 8 aromatic carbocycles. The van der Waals surface area contributed by atoms with Gasteiger partial charge in [-0.05, 0) is 103 Å². The molecule has 1 heterocycles. The maximum atomic E-state index is 5.15. The van der Waals surface area contributed by atoms with Crippen LogP contribution in [0.4, 0.5) is 0 Å². The molecule has 266 valence electrons. The summed E-state index contributed by atoms with van der Waals surface area (Å²) in [6.45, 7) is 0. The quantitative estimate of drug-likeness (QED) is 0.177. The zero-order valence-electron chi connectivity index (χ0n) is 31.3. The number of nitrogens with zero attached hydrogens (tertiary/aromatic N) is 2. The third-order valence-electron chi connectivity index (χ3n) is 12.5. The average Bonchev–Trinajstić information content (AvgIpc) is 3.53. The second-order valence-corrected chi connectivity index (χ2v) is 15.6. The first kappa shape index (κ1) is 32.8. The zero-order valence-corrected chi connectivity index (χ0v) is 31.3. The summed E-state index contributed by atoms with van der Waals surface area (Å²) < 4.78 is 0. The van der Waals surface area contributed by atoms with Crippen molar-refractivity contribution in [1.82, 2.24) is 9.97 Å². The summed E-state index contributed by atoms with van der Waals surface area (Å²) in [7, 11) is 0. The molecule has 1 fully saturated rings. The van der Waals surface area contributed by atoms with Gasteiger partial charge < -0.3 is 0 Å². The Hall–Kier alpha value is -6.64. The summed E-state index contributed by atoms with van der Waals surface area (Å²) in [6.07, 6.45) is 6.33. The van der Waals surface area contributed by atoms with Crippen LogP contribution in [0.25, 0.3) is 88.8 Å². The summed E-state index contributed by atoms with van der Waals surface area (Å²) in [4.78, 5) is 10.2. The molecule has 0 radical (unpaired) electrons. The number of fused-ring (bicyclic) bond motifs is 7. The largest absolute Gasteiger partial charge is 0.228 e. The van der Waals surface area contributed by atoms with Crippen LogP contribution in [-0.2, 0) is 5.41 Å². The second-order valence-electron chi connectivity index (χ2n) is 15.6. The van der Waals surface area contributed by atoms with E-state index in [0.29, 0.717) is 0 Å². The highest BCUT2D eigenvalue weighted by Crippen LogP contribution is 2.59. The minimum atomic E-state index is 0.0842. The molecule has 0 bridgehead atoms. The summed E-state index contributed by atoms with van der Waals surface area (Å²) >= 11 is 0. The molecule has 0 unspecified atom stereocenters. The summed E-state index contributed by atoms with van der Waals surface area (Å²) in [5.41, 5.74) is 16.0. The number of hydrogen-bond acceptors (Lipinski definition) is 2. The average molecular weight is 717 g/mol. The fourth-order valence-corrected chi connectivity index (χ4v) is 9.85. The van der Waals surface area contributed by atoms with Gasteiger partial charge in [-0.1, -0.05) is 177 Å². The molecule has 2 heteroatoms. The van der Waals surface area contributed by atoms with E-state index in [2.05, 4.69) is 158 Å². The normalized spacial score (nSPS) is 14.2. The van der Waals surface area contributed by atoms with Crippen molar-refractivity contribution in [2.75, 3.05) is 0 Å². The van der Waals surface area contributed by atoms with Gasteiger partial charge in [0, 0.05) is 22.1 Å². The molecule has 1 aromatic heterocycles. The van der Waals surface area contributed by atoms with Gasteiger partial charge in [0.1, 0.15) is 0 Å². The lowest BCUT2D eigenvalue weighted by atomic mass is 9.67. The number of rotatable bonds is 5. The van der Waals surface area contributed by atoms with E-state index in [1.165, 1.54) is 98.2 Å². The van der Waals surface area contributed by atoms with Crippen molar-refractivity contribution in [3.63, 3.8) is 0 Å². The Morgan fingerprint density at radius 1 is 0.357 bits per heavy atom. The van der Waals surface area contributed by atoms with Gasteiger partial charge in [0.15, 0.2) is 5.82 Å². The molecule has 0 atom stereocenters. The Labute approximate surface area is 328 Å². The zero-order chi connectivity index (χ0) is 37.1. The Bertz CT molecular complexity index is 2880. The van der Waals surface area contributed by atoms with Crippen LogP contribution in [-0.4, -0.2) is 9.97 Å². The van der Waals surface area contributed by atoms with Crippen molar-refractivity contribution in [2.24, 2.45) is 0 Å². The molecular weight excluding hydrogens is 677 g/mol. The third-order valence-corrected chi connectivity index (χ3v) is 12.5. The van der Waals surface area contributed by atoms with Crippen LogP contribution in [0.1, 0.15) is 43.2 Å². The minimum absolute atomic E-state index is 0.0842. The fourth-order valence-electron chi connectivity index (χ4n) is 9.85. The van der Waals surface area contributed by atoms with Gasteiger partial charge in [-0.15, -0.1) is 0 Å². The van der Waals surface area contributed by atoms with Crippen molar-refractivity contribution in [1.29, 1.82) is 0 Å². The first-order chi connectivity index (χ1) is 27.7. The van der Waals surface area contributed by atoms with E-state index >= 15 is 0 Å². The standard InChI is InChI=1S/C54H40N2/c1-4-16-36(17-5-1)50-35-51(56-53(55-50)37-18-6-2-7-19-37)41-23-14-22-40(32-41)42-28-29-45(44-25-11-10-24-43(42)44)46-26-15-27-48-52(46)47-33-38-20-8-9-21-39(38)34-49(47)54(48)30-12-3-13-31-54/h1-2,4-11,14-29,32-35H,3,12-13,30-31H2. The fraction of sp³-hybridized carbons (Fsp3) is 0.111. The van der Waals surface area contributed by atoms with Crippen LogP contribution in [0.2, 0.25) is 0 Å². The number of hydrogen-bond donors (Lipinski definition) is 0. The van der Waals surface area contributed by atoms with Gasteiger partial charge in [-0.2, -0.15) is 0 Å². The van der Waals surface area contributed by atoms with E-state index in [1.807, 2.05) is 24.3 Å². The molecule has 1 saturated carbocycles. The number of benzene rings is 8. The molecule has 0 aliphatic heterocycles. The van der Waals surface area contributed by atoms with Gasteiger partial charge in [0.2, 0.25) is 0 Å². The van der Waals surface area contributed by atoms with Crippen LogP contribution < -0.4 is 0 Å². The summed E-state index contributed by atoms with van der Waals surface area (Å²) in [6, 6.07) is 66.4. The molecule has 0 saturated heterocycles. The predicted octanol–water partition coefficient (Wildman–Crippen LogP) is 14.3. The topological polar surface area (TPSA) is 25.8 Å². The predicted molar refractivity (Wildman–Crippen MR) is 234 cm³/mol. The van der Waals surface area contributed by atoms with Crippen LogP contribution in [0.5, 0.6) is 0 Å². The van der Waals surface area contributed by atoms with E-state index < -0.39 is 0 Å². The molecule has 9 aromatic rings. The SMILES string of the molecule is c1ccc(-c2cc(-c3cccc(-c4ccc(-c5cccc6c5-c5cc7ccccc7cc5C65CCCCC5)c5ccccc45)c3)nc(-c3ccccc3)n2)cc1. The van der Waals surface area contributed by atoms with Crippen molar-refractivity contribution < 1.29 is 0 Å². The molecule has 2 nitrogen and oxygen atoms in total. The first-order valence-corrected chi connectivity index (χ1v) is 20.0.